The Hall–Kier alpha value is -0.810. The van der Waals surface area contributed by atoms with Gasteiger partial charge in [0.25, 0.3) is 0 Å². The first kappa shape index (κ1) is 13.6. The molecule has 0 amide bonds. The fourth-order valence-corrected chi connectivity index (χ4v) is 3.32. The van der Waals surface area contributed by atoms with Crippen molar-refractivity contribution in [3.05, 3.63) is 16.9 Å². The van der Waals surface area contributed by atoms with Crippen LogP contribution >= 0.6 is 15.9 Å². The predicted octanol–water partition coefficient (Wildman–Crippen LogP) is 2.82. The highest BCUT2D eigenvalue weighted by Gasteiger charge is 2.39. The van der Waals surface area contributed by atoms with Crippen LogP contribution in [0.2, 0.25) is 0 Å². The minimum Gasteiger partial charge on any atom is -0.396 e. The van der Waals surface area contributed by atoms with Gasteiger partial charge in [-0.15, -0.1) is 0 Å². The molecule has 18 heavy (non-hydrogen) atoms. The lowest BCUT2D eigenvalue weighted by Gasteiger charge is -2.48. The highest BCUT2D eigenvalue weighted by Crippen LogP contribution is 2.37. The van der Waals surface area contributed by atoms with E-state index in [1.807, 2.05) is 0 Å². The van der Waals surface area contributed by atoms with Crippen molar-refractivity contribution >= 4 is 27.3 Å². The van der Waals surface area contributed by atoms with Crippen LogP contribution in [0.4, 0.5) is 11.4 Å². The van der Waals surface area contributed by atoms with Gasteiger partial charge in [-0.05, 0) is 43.6 Å². The zero-order chi connectivity index (χ0) is 13.6. The van der Waals surface area contributed by atoms with Crippen molar-refractivity contribution in [3.63, 3.8) is 0 Å². The van der Waals surface area contributed by atoms with E-state index in [1.54, 1.807) is 12.4 Å². The van der Waals surface area contributed by atoms with Gasteiger partial charge in [0.1, 0.15) is 0 Å². The minimum absolute atomic E-state index is 0.198. The predicted molar refractivity (Wildman–Crippen MR) is 77.8 cm³/mol. The number of nitrogens with two attached hydrogens (primary N) is 1. The van der Waals surface area contributed by atoms with Crippen LogP contribution in [-0.4, -0.2) is 29.3 Å². The highest BCUT2D eigenvalue weighted by atomic mass is 79.9. The van der Waals surface area contributed by atoms with E-state index in [0.29, 0.717) is 5.69 Å². The summed E-state index contributed by atoms with van der Waals surface area (Å²) in [6.45, 7) is 10.0. The van der Waals surface area contributed by atoms with Crippen molar-refractivity contribution in [2.45, 2.75) is 38.9 Å². The van der Waals surface area contributed by atoms with Crippen molar-refractivity contribution in [1.82, 2.24) is 4.98 Å². The van der Waals surface area contributed by atoms with Crippen LogP contribution in [-0.2, 0) is 4.74 Å². The Labute approximate surface area is 117 Å². The molecule has 100 valence electrons. The number of morpholine rings is 1. The molecule has 2 N–H and O–H groups in total. The maximum Gasteiger partial charge on any atom is 0.0808 e. The average molecular weight is 314 g/mol. The van der Waals surface area contributed by atoms with Gasteiger partial charge >= 0.3 is 0 Å². The van der Waals surface area contributed by atoms with Gasteiger partial charge < -0.3 is 15.4 Å². The summed E-state index contributed by atoms with van der Waals surface area (Å²) in [6, 6.07) is 0. The molecule has 2 rings (SSSR count). The average Bonchev–Trinajstić information content (AvgIpc) is 2.11. The summed E-state index contributed by atoms with van der Waals surface area (Å²) in [6.07, 6.45) is 3.47. The second kappa shape index (κ2) is 4.38. The quantitative estimate of drug-likeness (QED) is 0.866. The molecule has 0 unspecified atom stereocenters. The summed E-state index contributed by atoms with van der Waals surface area (Å²) in [7, 11) is 0. The van der Waals surface area contributed by atoms with Crippen LogP contribution in [0.5, 0.6) is 0 Å². The van der Waals surface area contributed by atoms with E-state index in [1.165, 1.54) is 0 Å². The fourth-order valence-electron chi connectivity index (χ4n) is 2.72. The zero-order valence-electron chi connectivity index (χ0n) is 11.3. The Morgan fingerprint density at radius 2 is 1.78 bits per heavy atom. The Morgan fingerprint density at radius 3 is 2.28 bits per heavy atom. The monoisotopic (exact) mass is 313 g/mol. The molecule has 0 bridgehead atoms. The van der Waals surface area contributed by atoms with Crippen LogP contribution < -0.4 is 10.6 Å². The largest absolute Gasteiger partial charge is 0.396 e. The van der Waals surface area contributed by atoms with Crippen molar-refractivity contribution in [1.29, 1.82) is 0 Å². The molecule has 0 aromatic carbocycles. The normalized spacial score (nSPS) is 21.9. The summed E-state index contributed by atoms with van der Waals surface area (Å²) in [5, 5.41) is 0. The van der Waals surface area contributed by atoms with Gasteiger partial charge in [-0.1, -0.05) is 0 Å². The smallest absolute Gasteiger partial charge is 0.0808 e. The van der Waals surface area contributed by atoms with Gasteiger partial charge in [-0.25, -0.2) is 0 Å². The Kier molecular flexibility index (Phi) is 3.32. The van der Waals surface area contributed by atoms with Gasteiger partial charge in [0.05, 0.1) is 33.2 Å². The highest BCUT2D eigenvalue weighted by molar-refractivity contribution is 9.10. The van der Waals surface area contributed by atoms with Crippen LogP contribution in [0.25, 0.3) is 0 Å². The lowest BCUT2D eigenvalue weighted by molar-refractivity contribution is -0.133. The van der Waals surface area contributed by atoms with Gasteiger partial charge in [-0.2, -0.15) is 0 Å². The van der Waals surface area contributed by atoms with E-state index in [4.69, 9.17) is 10.5 Å². The molecule has 5 heteroatoms. The van der Waals surface area contributed by atoms with Gasteiger partial charge in [0.2, 0.25) is 0 Å². The number of pyridine rings is 1. The molecule has 0 radical (unpaired) electrons. The topological polar surface area (TPSA) is 51.4 Å². The van der Waals surface area contributed by atoms with Crippen LogP contribution in [0.15, 0.2) is 16.9 Å². The first-order valence-electron chi connectivity index (χ1n) is 6.04. The second-order valence-electron chi connectivity index (χ2n) is 6.04. The lowest BCUT2D eigenvalue weighted by atomic mass is 9.98. The Morgan fingerprint density at radius 1 is 1.22 bits per heavy atom. The number of halogens is 1. The zero-order valence-corrected chi connectivity index (χ0v) is 12.9. The van der Waals surface area contributed by atoms with Gasteiger partial charge in [-0.3, -0.25) is 4.98 Å². The molecular weight excluding hydrogens is 294 g/mol. The van der Waals surface area contributed by atoms with Crippen LogP contribution in [0.1, 0.15) is 27.7 Å². The molecule has 1 saturated heterocycles. The van der Waals surface area contributed by atoms with E-state index in [-0.39, 0.29) is 11.2 Å². The van der Waals surface area contributed by atoms with E-state index < -0.39 is 0 Å². The number of aromatic nitrogens is 1. The third-order valence-electron chi connectivity index (χ3n) is 2.91. The first-order chi connectivity index (χ1) is 8.20. The molecule has 0 atom stereocenters. The summed E-state index contributed by atoms with van der Waals surface area (Å²) in [5.74, 6) is 0. The summed E-state index contributed by atoms with van der Waals surface area (Å²) in [5.41, 5.74) is 7.36. The Bertz CT molecular complexity index is 423. The Balaban J connectivity index is 2.39. The van der Waals surface area contributed by atoms with E-state index in [0.717, 1.165) is 23.2 Å². The van der Waals surface area contributed by atoms with Crippen molar-refractivity contribution in [3.8, 4) is 0 Å². The number of nitrogen functional groups attached to an aromatic ring is 1. The van der Waals surface area contributed by atoms with E-state index in [9.17, 15) is 0 Å². The maximum atomic E-state index is 6.08. The van der Waals surface area contributed by atoms with Crippen molar-refractivity contribution in [2.24, 2.45) is 0 Å². The summed E-state index contributed by atoms with van der Waals surface area (Å²) >= 11 is 3.53. The fraction of sp³-hybridized carbons (Fsp3) is 0.615. The summed E-state index contributed by atoms with van der Waals surface area (Å²) < 4.78 is 7.01. The number of hydrogen-bond donors (Lipinski definition) is 1. The molecule has 1 aromatic heterocycles. The third kappa shape index (κ3) is 2.78. The first-order valence-corrected chi connectivity index (χ1v) is 6.84. The summed E-state index contributed by atoms with van der Waals surface area (Å²) in [4.78, 5) is 6.35. The number of rotatable bonds is 1. The number of nitrogens with zero attached hydrogens (tertiary/aromatic N) is 2. The van der Waals surface area contributed by atoms with E-state index in [2.05, 4.69) is 53.5 Å². The molecule has 0 spiro atoms. The van der Waals surface area contributed by atoms with Gasteiger partial charge in [0, 0.05) is 19.3 Å². The molecule has 1 aliphatic heterocycles. The number of ether oxygens (including phenoxy) is 1. The lowest BCUT2D eigenvalue weighted by Crippen LogP contribution is -2.57. The molecule has 0 aliphatic carbocycles. The molecular formula is C13H20BrN3O. The van der Waals surface area contributed by atoms with Crippen molar-refractivity contribution < 1.29 is 4.74 Å². The van der Waals surface area contributed by atoms with Crippen LogP contribution in [0.3, 0.4) is 0 Å². The van der Waals surface area contributed by atoms with Gasteiger partial charge in [0.15, 0.2) is 0 Å². The maximum absolute atomic E-state index is 6.08. The second-order valence-corrected chi connectivity index (χ2v) is 6.89. The minimum atomic E-state index is -0.198. The van der Waals surface area contributed by atoms with E-state index >= 15 is 0 Å². The third-order valence-corrected chi connectivity index (χ3v) is 3.49. The number of anilines is 2. The molecule has 1 aromatic rings. The molecule has 0 saturated carbocycles. The van der Waals surface area contributed by atoms with Crippen LogP contribution in [0, 0.1) is 0 Å². The SMILES string of the molecule is CC1(C)CN(c2c(N)cncc2Br)CC(C)(C)O1. The van der Waals surface area contributed by atoms with Crippen molar-refractivity contribution in [2.75, 3.05) is 23.7 Å². The molecule has 1 aliphatic rings. The molecule has 2 heterocycles. The number of hydrogen-bond acceptors (Lipinski definition) is 4. The molecule has 1 fully saturated rings. The molecule has 4 nitrogen and oxygen atoms in total. The standard InChI is InChI=1S/C13H20BrN3O/c1-12(2)7-17(8-13(3,4)18-12)11-9(14)5-16-6-10(11)15/h5-6H,7-8,15H2,1-4H3.